The highest BCUT2D eigenvalue weighted by Crippen LogP contribution is 2.39. The molecule has 0 radical (unpaired) electrons. The molecule has 2 atom stereocenters. The van der Waals surface area contributed by atoms with Crippen LogP contribution in [0.15, 0.2) is 0 Å². The molecule has 0 aromatic rings. The second-order valence-corrected chi connectivity index (χ2v) is 5.12. The van der Waals surface area contributed by atoms with E-state index in [0.29, 0.717) is 0 Å². The molecule has 0 spiro atoms. The smallest absolute Gasteiger partial charge is 0.329 e. The molecule has 2 amide bonds. The number of carboxylic acid groups (broad SMARTS) is 1. The summed E-state index contributed by atoms with van der Waals surface area (Å²) in [5, 5.41) is 20.5. The number of rotatable bonds is 5. The summed E-state index contributed by atoms with van der Waals surface area (Å²) in [6, 6.07) is 1.58. The third kappa shape index (κ3) is 3.13. The molecule has 1 rings (SSSR count). The fourth-order valence-corrected chi connectivity index (χ4v) is 1.84. The van der Waals surface area contributed by atoms with Gasteiger partial charge in [0.25, 0.3) is 0 Å². The van der Waals surface area contributed by atoms with Crippen LogP contribution in [0.2, 0.25) is 0 Å². The summed E-state index contributed by atoms with van der Waals surface area (Å²) in [7, 11) is 1.55. The molecule has 6 nitrogen and oxygen atoms in total. The number of amides is 2. The van der Waals surface area contributed by atoms with Gasteiger partial charge in [-0.25, -0.2) is 9.59 Å². The van der Waals surface area contributed by atoms with Crippen LogP contribution in [0.5, 0.6) is 0 Å². The summed E-state index contributed by atoms with van der Waals surface area (Å²) in [6.07, 6.45) is 1.64. The third-order valence-electron chi connectivity index (χ3n) is 3.32. The van der Waals surface area contributed by atoms with E-state index in [1.54, 1.807) is 14.0 Å². The minimum Gasteiger partial charge on any atom is -0.480 e. The molecule has 0 aromatic carbocycles. The van der Waals surface area contributed by atoms with Gasteiger partial charge in [-0.3, -0.25) is 0 Å². The number of hydrogen-bond donors (Lipinski definition) is 2. The summed E-state index contributed by atoms with van der Waals surface area (Å²) in [4.78, 5) is 24.5. The Balaban J connectivity index is 2.62. The van der Waals surface area contributed by atoms with Crippen LogP contribution in [0.4, 0.5) is 4.79 Å². The van der Waals surface area contributed by atoms with Crippen LogP contribution in [0, 0.1) is 23.2 Å². The van der Waals surface area contributed by atoms with Gasteiger partial charge in [0.15, 0.2) is 0 Å². The van der Waals surface area contributed by atoms with Crippen molar-refractivity contribution < 1.29 is 14.7 Å². The maximum atomic E-state index is 11.9. The molecular weight excluding hydrogens is 234 g/mol. The van der Waals surface area contributed by atoms with E-state index in [1.165, 1.54) is 11.8 Å². The van der Waals surface area contributed by atoms with Crippen molar-refractivity contribution in [3.8, 4) is 6.07 Å². The fourth-order valence-electron chi connectivity index (χ4n) is 1.84. The van der Waals surface area contributed by atoms with Gasteiger partial charge in [-0.1, -0.05) is 0 Å². The minimum absolute atomic E-state index is 0.000685. The average molecular weight is 253 g/mol. The van der Waals surface area contributed by atoms with Crippen LogP contribution in [0.25, 0.3) is 0 Å². The Morgan fingerprint density at radius 1 is 1.61 bits per heavy atom. The molecule has 2 unspecified atom stereocenters. The van der Waals surface area contributed by atoms with Gasteiger partial charge in [0.2, 0.25) is 0 Å². The molecule has 2 N–H and O–H groups in total. The van der Waals surface area contributed by atoms with Gasteiger partial charge in [-0.2, -0.15) is 5.26 Å². The molecule has 0 heterocycles. The first kappa shape index (κ1) is 14.3. The second kappa shape index (κ2) is 5.25. The van der Waals surface area contributed by atoms with Crippen molar-refractivity contribution in [3.63, 3.8) is 0 Å². The molecule has 100 valence electrons. The third-order valence-corrected chi connectivity index (χ3v) is 3.32. The number of nitriles is 1. The highest BCUT2D eigenvalue weighted by atomic mass is 16.4. The summed E-state index contributed by atoms with van der Waals surface area (Å²) in [5.41, 5.74) is -1.21. The van der Waals surface area contributed by atoms with Crippen LogP contribution in [-0.4, -0.2) is 41.1 Å². The van der Waals surface area contributed by atoms with E-state index in [9.17, 15) is 14.7 Å². The molecule has 18 heavy (non-hydrogen) atoms. The Kier molecular flexibility index (Phi) is 4.17. The number of nitrogens with zero attached hydrogens (tertiary/aromatic N) is 2. The summed E-state index contributed by atoms with van der Waals surface area (Å²) in [6.45, 7) is 3.52. The Hall–Kier alpha value is -1.77. The first-order valence-corrected chi connectivity index (χ1v) is 5.97. The SMILES string of the molecule is CC(C#N)CN(C)C(=O)NC(C)(C(=O)O)C1CC1. The number of aliphatic carboxylic acids is 1. The lowest BCUT2D eigenvalue weighted by Gasteiger charge is -2.29. The van der Waals surface area contributed by atoms with E-state index < -0.39 is 17.5 Å². The Labute approximate surface area is 107 Å². The lowest BCUT2D eigenvalue weighted by Crippen LogP contribution is -2.57. The van der Waals surface area contributed by atoms with Crippen LogP contribution >= 0.6 is 0 Å². The maximum absolute atomic E-state index is 11.9. The molecule has 1 saturated carbocycles. The van der Waals surface area contributed by atoms with Gasteiger partial charge in [-0.05, 0) is 32.6 Å². The number of carbonyl (C=O) groups is 2. The van der Waals surface area contributed by atoms with E-state index >= 15 is 0 Å². The first-order chi connectivity index (χ1) is 8.31. The number of carbonyl (C=O) groups excluding carboxylic acids is 1. The van der Waals surface area contributed by atoms with E-state index in [4.69, 9.17) is 5.26 Å². The quantitative estimate of drug-likeness (QED) is 0.765. The van der Waals surface area contributed by atoms with Crippen LogP contribution < -0.4 is 5.32 Å². The van der Waals surface area contributed by atoms with Crippen molar-refractivity contribution in [1.29, 1.82) is 5.26 Å². The summed E-state index contributed by atoms with van der Waals surface area (Å²) in [5.74, 6) is -1.29. The molecule has 0 aromatic heterocycles. The highest BCUT2D eigenvalue weighted by molar-refractivity contribution is 5.86. The van der Waals surface area contributed by atoms with Gasteiger partial charge >= 0.3 is 12.0 Å². The molecule has 1 aliphatic carbocycles. The van der Waals surface area contributed by atoms with E-state index in [-0.39, 0.29) is 18.4 Å². The summed E-state index contributed by atoms with van der Waals surface area (Å²) >= 11 is 0. The molecule has 6 heteroatoms. The monoisotopic (exact) mass is 253 g/mol. The summed E-state index contributed by atoms with van der Waals surface area (Å²) < 4.78 is 0. The van der Waals surface area contributed by atoms with Gasteiger partial charge in [-0.15, -0.1) is 0 Å². The maximum Gasteiger partial charge on any atom is 0.329 e. The lowest BCUT2D eigenvalue weighted by atomic mass is 9.96. The molecule has 0 saturated heterocycles. The van der Waals surface area contributed by atoms with Crippen LogP contribution in [0.1, 0.15) is 26.7 Å². The van der Waals surface area contributed by atoms with Gasteiger partial charge in [0.1, 0.15) is 5.54 Å². The zero-order valence-electron chi connectivity index (χ0n) is 10.9. The average Bonchev–Trinajstić information content (AvgIpc) is 3.12. The van der Waals surface area contributed by atoms with Crippen LogP contribution in [-0.2, 0) is 4.79 Å². The van der Waals surface area contributed by atoms with E-state index in [0.717, 1.165) is 12.8 Å². The molecule has 0 aliphatic heterocycles. The topological polar surface area (TPSA) is 93.4 Å². The van der Waals surface area contributed by atoms with E-state index in [2.05, 4.69) is 5.32 Å². The molecule has 1 fully saturated rings. The largest absolute Gasteiger partial charge is 0.480 e. The van der Waals surface area contributed by atoms with Gasteiger partial charge in [0, 0.05) is 13.6 Å². The Morgan fingerprint density at radius 3 is 2.56 bits per heavy atom. The highest BCUT2D eigenvalue weighted by Gasteiger charge is 2.48. The van der Waals surface area contributed by atoms with Crippen molar-refractivity contribution >= 4 is 12.0 Å². The van der Waals surface area contributed by atoms with Crippen molar-refractivity contribution in [2.75, 3.05) is 13.6 Å². The number of urea groups is 1. The zero-order valence-corrected chi connectivity index (χ0v) is 10.9. The van der Waals surface area contributed by atoms with Crippen LogP contribution in [0.3, 0.4) is 0 Å². The lowest BCUT2D eigenvalue weighted by molar-refractivity contribution is -0.144. The molecule has 0 bridgehead atoms. The van der Waals surface area contributed by atoms with Gasteiger partial charge < -0.3 is 15.3 Å². The number of carboxylic acids is 1. The second-order valence-electron chi connectivity index (χ2n) is 5.12. The van der Waals surface area contributed by atoms with Crippen molar-refractivity contribution in [3.05, 3.63) is 0 Å². The van der Waals surface area contributed by atoms with Crippen molar-refractivity contribution in [2.24, 2.45) is 11.8 Å². The molecular formula is C12H19N3O3. The standard InChI is InChI=1S/C12H19N3O3/c1-8(6-13)7-15(3)11(18)14-12(2,10(16)17)9-4-5-9/h8-9H,4-5,7H2,1-3H3,(H,14,18)(H,16,17). The minimum atomic E-state index is -1.21. The number of nitrogens with one attached hydrogen (secondary N) is 1. The van der Waals surface area contributed by atoms with Crippen molar-refractivity contribution in [1.82, 2.24) is 10.2 Å². The predicted molar refractivity (Wildman–Crippen MR) is 64.7 cm³/mol. The Morgan fingerprint density at radius 2 is 2.17 bits per heavy atom. The van der Waals surface area contributed by atoms with E-state index in [1.807, 2.05) is 6.07 Å². The normalized spacial score (nSPS) is 19.2. The zero-order chi connectivity index (χ0) is 13.9. The number of hydrogen-bond acceptors (Lipinski definition) is 3. The molecule has 1 aliphatic rings. The Bertz CT molecular complexity index is 387. The predicted octanol–water partition coefficient (Wildman–Crippen LogP) is 1.04. The first-order valence-electron chi connectivity index (χ1n) is 5.97. The van der Waals surface area contributed by atoms with Gasteiger partial charge in [0.05, 0.1) is 12.0 Å². The fraction of sp³-hybridized carbons (Fsp3) is 0.750. The van der Waals surface area contributed by atoms with Crippen molar-refractivity contribution in [2.45, 2.75) is 32.2 Å².